The van der Waals surface area contributed by atoms with E-state index in [-0.39, 0.29) is 62.2 Å². The summed E-state index contributed by atoms with van der Waals surface area (Å²) in [5.41, 5.74) is 6.19. The predicted octanol–water partition coefficient (Wildman–Crippen LogP) is 4.87. The lowest BCUT2D eigenvalue weighted by Gasteiger charge is -2.29. The van der Waals surface area contributed by atoms with E-state index in [0.717, 1.165) is 38.5 Å². The maximum Gasteiger partial charge on any atom is 0.328 e. The molecule has 0 aromatic carbocycles. The Morgan fingerprint density at radius 1 is 0.521 bits per heavy atom. The molecular weight excluding hydrogens is 943 g/mol. The van der Waals surface area contributed by atoms with Gasteiger partial charge in [-0.3, -0.25) is 43.2 Å². The summed E-state index contributed by atoms with van der Waals surface area (Å²) in [5.74, 6) is -9.92. The van der Waals surface area contributed by atoms with Gasteiger partial charge in [0.2, 0.25) is 35.4 Å². The number of carboxylic acids is 1. The summed E-state index contributed by atoms with van der Waals surface area (Å²) >= 11 is 0. The molecule has 1 heterocycles. The minimum atomic E-state index is -1.73. The molecule has 20 heteroatoms. The van der Waals surface area contributed by atoms with Crippen molar-refractivity contribution in [2.75, 3.05) is 0 Å². The third kappa shape index (κ3) is 28.2. The molecule has 1 aliphatic rings. The molecule has 1 aliphatic heterocycles. The Morgan fingerprint density at radius 2 is 0.932 bits per heavy atom. The van der Waals surface area contributed by atoms with E-state index in [0.29, 0.717) is 12.3 Å². The standard InChI is InChI=1S/C53H93N7O13/c1-30(2)20-18-16-14-13-15-17-19-21-36-28-45(64)73-44(63)23-22-37(54)47(65)55-38(24-31(3)4)48(66)57-40(26-33(7)8)51(69)60-46(35(11)12)52(70)58-41(29-43(61)62)50(68)56-39(25-32(5)6)49(67)59-42(27-34(9)10)53(71)72-36/h30-42,46H,13-29,54H2,1-12H3,(H,55,65)(H,56,68)(H,57,66)(H,58,70)(H,59,67)(H,60,69)(H,61,62)/t36?,37-,38-,39+,40+,41-,42-,46-/m0/s1. The first-order valence-electron chi connectivity index (χ1n) is 26.8. The van der Waals surface area contributed by atoms with E-state index in [9.17, 15) is 53.1 Å². The SMILES string of the molecule is CC(C)CCCCCCCCCC1CC(=O)OC(=O)CC[C@H](N)C(=O)N[C@@H](CC(C)C)C(=O)N[C@H](CC(C)C)C(=O)N[C@@H](C(C)C)C(=O)N[C@@H](CC(=O)O)C(=O)N[C@H](CC(C)C)C(=O)N[C@@H](CC(C)C)C(=O)O1. The van der Waals surface area contributed by atoms with Gasteiger partial charge in [0, 0.05) is 6.42 Å². The number of ether oxygens (including phenoxy) is 2. The summed E-state index contributed by atoms with van der Waals surface area (Å²) in [6.07, 6.45) is 5.27. The molecule has 9 N–H and O–H groups in total. The smallest absolute Gasteiger partial charge is 0.328 e. The Labute approximate surface area is 434 Å². The highest BCUT2D eigenvalue weighted by Crippen LogP contribution is 2.19. The zero-order valence-corrected chi connectivity index (χ0v) is 46.0. The Kier molecular flexibility index (Phi) is 31.0. The van der Waals surface area contributed by atoms with Gasteiger partial charge in [-0.25, -0.2) is 4.79 Å². The maximum atomic E-state index is 14.1. The van der Waals surface area contributed by atoms with Gasteiger partial charge in [0.15, 0.2) is 0 Å². The molecule has 418 valence electrons. The van der Waals surface area contributed by atoms with Crippen LogP contribution in [0.25, 0.3) is 0 Å². The van der Waals surface area contributed by atoms with Crippen LogP contribution in [0.2, 0.25) is 0 Å². The number of aliphatic carboxylic acids is 1. The third-order valence-electron chi connectivity index (χ3n) is 12.3. The third-order valence-corrected chi connectivity index (χ3v) is 12.3. The van der Waals surface area contributed by atoms with Gasteiger partial charge >= 0.3 is 23.9 Å². The predicted molar refractivity (Wildman–Crippen MR) is 276 cm³/mol. The molecule has 73 heavy (non-hydrogen) atoms. The second kappa shape index (κ2) is 34.4. The number of carbonyl (C=O) groups is 10. The molecule has 20 nitrogen and oxygen atoms in total. The van der Waals surface area contributed by atoms with Crippen molar-refractivity contribution in [3.8, 4) is 0 Å². The Balaban J connectivity index is 3.77. The fourth-order valence-corrected chi connectivity index (χ4v) is 8.39. The lowest BCUT2D eigenvalue weighted by atomic mass is 9.98. The highest BCUT2D eigenvalue weighted by molar-refractivity contribution is 5.98. The van der Waals surface area contributed by atoms with E-state index in [1.165, 1.54) is 6.42 Å². The van der Waals surface area contributed by atoms with E-state index in [2.05, 4.69) is 45.7 Å². The molecule has 0 bridgehead atoms. The van der Waals surface area contributed by atoms with Gasteiger partial charge < -0.3 is 52.2 Å². The average Bonchev–Trinajstić information content (AvgIpc) is 3.26. The van der Waals surface area contributed by atoms with Gasteiger partial charge in [0.05, 0.1) is 18.9 Å². The molecule has 1 unspecified atom stereocenters. The second-order valence-electron chi connectivity index (χ2n) is 22.4. The first-order chi connectivity index (χ1) is 34.1. The fraction of sp³-hybridized carbons (Fsp3) is 0.811. The van der Waals surface area contributed by atoms with E-state index < -0.39 is 133 Å². The molecule has 8 atom stereocenters. The van der Waals surface area contributed by atoms with Crippen LogP contribution < -0.4 is 37.6 Å². The zero-order valence-electron chi connectivity index (χ0n) is 46.0. The summed E-state index contributed by atoms with van der Waals surface area (Å²) in [7, 11) is 0. The van der Waals surface area contributed by atoms with Gasteiger partial charge in [-0.05, 0) is 80.5 Å². The molecule has 1 rings (SSSR count). The summed E-state index contributed by atoms with van der Waals surface area (Å²) in [5, 5.41) is 25.6. The number of carboxylic acid groups (broad SMARTS) is 1. The summed E-state index contributed by atoms with van der Waals surface area (Å²) in [6, 6.07) is -9.39. The van der Waals surface area contributed by atoms with Crippen molar-refractivity contribution in [1.29, 1.82) is 0 Å². The number of carbonyl (C=O) groups excluding carboxylic acids is 9. The van der Waals surface area contributed by atoms with Crippen LogP contribution in [0.3, 0.4) is 0 Å². The van der Waals surface area contributed by atoms with Crippen molar-refractivity contribution < 1.29 is 62.5 Å². The molecule has 0 spiro atoms. The number of nitrogens with one attached hydrogen (secondary N) is 6. The van der Waals surface area contributed by atoms with Gasteiger partial charge in [0.1, 0.15) is 42.4 Å². The number of hydrogen-bond donors (Lipinski definition) is 8. The molecule has 0 radical (unpaired) electrons. The number of unbranched alkanes of at least 4 members (excludes halogenated alkanes) is 6. The van der Waals surface area contributed by atoms with Crippen molar-refractivity contribution in [2.45, 2.75) is 241 Å². The minimum Gasteiger partial charge on any atom is -0.481 e. The molecule has 1 fully saturated rings. The Hall–Kier alpha value is -5.14. The average molecular weight is 1040 g/mol. The lowest BCUT2D eigenvalue weighted by Crippen LogP contribution is -2.61. The summed E-state index contributed by atoms with van der Waals surface area (Å²) < 4.78 is 11.0. The van der Waals surface area contributed by atoms with Crippen molar-refractivity contribution in [3.05, 3.63) is 0 Å². The van der Waals surface area contributed by atoms with Crippen LogP contribution in [0.15, 0.2) is 0 Å². The van der Waals surface area contributed by atoms with Crippen LogP contribution >= 0.6 is 0 Å². The van der Waals surface area contributed by atoms with E-state index in [1.807, 2.05) is 41.5 Å². The van der Waals surface area contributed by atoms with Crippen LogP contribution in [-0.4, -0.2) is 113 Å². The van der Waals surface area contributed by atoms with Gasteiger partial charge in [-0.15, -0.1) is 0 Å². The largest absolute Gasteiger partial charge is 0.481 e. The monoisotopic (exact) mass is 1040 g/mol. The van der Waals surface area contributed by atoms with E-state index in [1.54, 1.807) is 27.7 Å². The summed E-state index contributed by atoms with van der Waals surface area (Å²) in [6.45, 7) is 22.1. The molecule has 6 amide bonds. The van der Waals surface area contributed by atoms with Crippen molar-refractivity contribution >= 4 is 59.3 Å². The minimum absolute atomic E-state index is 0.0369. The quantitative estimate of drug-likeness (QED) is 0.0432. The number of cyclic esters (lactones) is 3. The number of esters is 3. The van der Waals surface area contributed by atoms with Crippen molar-refractivity contribution in [1.82, 2.24) is 31.9 Å². The lowest BCUT2D eigenvalue weighted by molar-refractivity contribution is -0.164. The van der Waals surface area contributed by atoms with Crippen LogP contribution in [0, 0.1) is 35.5 Å². The van der Waals surface area contributed by atoms with Crippen LogP contribution in [0.5, 0.6) is 0 Å². The maximum absolute atomic E-state index is 14.1. The highest BCUT2D eigenvalue weighted by atomic mass is 16.6. The topological polar surface area (TPSA) is 308 Å². The van der Waals surface area contributed by atoms with Crippen LogP contribution in [0.4, 0.5) is 0 Å². The first-order valence-corrected chi connectivity index (χ1v) is 26.8. The summed E-state index contributed by atoms with van der Waals surface area (Å²) in [4.78, 5) is 136. The molecule has 0 saturated carbocycles. The van der Waals surface area contributed by atoms with Gasteiger partial charge in [-0.2, -0.15) is 0 Å². The molecule has 0 aromatic rings. The molecule has 1 saturated heterocycles. The van der Waals surface area contributed by atoms with Crippen LogP contribution in [0.1, 0.15) is 192 Å². The van der Waals surface area contributed by atoms with E-state index in [4.69, 9.17) is 15.2 Å². The van der Waals surface area contributed by atoms with Gasteiger partial charge in [-0.1, -0.05) is 128 Å². The first kappa shape index (κ1) is 65.9. The number of nitrogens with two attached hydrogens (primary N) is 1. The molecule has 0 aromatic heterocycles. The zero-order chi connectivity index (χ0) is 55.5. The van der Waals surface area contributed by atoms with Crippen molar-refractivity contribution in [3.63, 3.8) is 0 Å². The van der Waals surface area contributed by atoms with E-state index >= 15 is 0 Å². The second-order valence-corrected chi connectivity index (χ2v) is 22.4. The number of rotatable bonds is 21. The van der Waals surface area contributed by atoms with Gasteiger partial charge in [0.25, 0.3) is 0 Å². The number of hydrogen-bond acceptors (Lipinski definition) is 13. The normalized spacial score (nSPS) is 24.6. The highest BCUT2D eigenvalue weighted by Gasteiger charge is 2.37. The molecular formula is C53H93N7O13. The molecule has 0 aliphatic carbocycles. The van der Waals surface area contributed by atoms with Crippen LogP contribution in [-0.2, 0) is 57.4 Å². The Bertz CT molecular complexity index is 1800. The van der Waals surface area contributed by atoms with Crippen molar-refractivity contribution in [2.24, 2.45) is 41.2 Å². The Morgan fingerprint density at radius 3 is 1.40 bits per heavy atom. The number of amides is 6. The fourth-order valence-electron chi connectivity index (χ4n) is 8.39.